The van der Waals surface area contributed by atoms with Crippen molar-refractivity contribution in [2.75, 3.05) is 7.11 Å². The molecule has 0 aliphatic rings. The van der Waals surface area contributed by atoms with Crippen LogP contribution in [0.4, 0.5) is 0 Å². The van der Waals surface area contributed by atoms with E-state index >= 15 is 0 Å². The molecular weight excluding hydrogens is 300 g/mol. The topological polar surface area (TPSA) is 39.4 Å². The Morgan fingerprint density at radius 1 is 0.917 bits per heavy atom. The predicted octanol–water partition coefficient (Wildman–Crippen LogP) is 5.46. The van der Waals surface area contributed by atoms with Crippen LogP contribution in [0.1, 0.15) is 17.3 Å². The molecule has 3 aromatic carbocycles. The van der Waals surface area contributed by atoms with E-state index in [9.17, 15) is 4.79 Å². The van der Waals surface area contributed by atoms with Crippen molar-refractivity contribution >= 4 is 27.5 Å². The molecule has 0 atom stereocenters. The van der Waals surface area contributed by atoms with Gasteiger partial charge in [-0.2, -0.15) is 0 Å². The summed E-state index contributed by atoms with van der Waals surface area (Å²) in [6, 6.07) is 19.5. The lowest BCUT2D eigenvalue weighted by molar-refractivity contribution is 0.101. The molecule has 0 radical (unpaired) electrons. The molecule has 0 aliphatic carbocycles. The quantitative estimate of drug-likeness (QED) is 0.471. The lowest BCUT2D eigenvalue weighted by atomic mass is 9.97. The number of hydrogen-bond donors (Lipinski definition) is 0. The number of carbonyl (C=O) groups excluding carboxylic acids is 1. The first-order valence-corrected chi connectivity index (χ1v) is 7.79. The summed E-state index contributed by atoms with van der Waals surface area (Å²) in [5.41, 5.74) is 2.12. The molecule has 3 heteroatoms. The minimum atomic E-state index is -0.0232. The van der Waals surface area contributed by atoms with E-state index in [-0.39, 0.29) is 5.78 Å². The van der Waals surface area contributed by atoms with Crippen molar-refractivity contribution in [3.63, 3.8) is 0 Å². The van der Waals surface area contributed by atoms with Gasteiger partial charge in [-0.25, -0.2) is 0 Å². The molecule has 0 spiro atoms. The summed E-state index contributed by atoms with van der Waals surface area (Å²) in [4.78, 5) is 12.3. The van der Waals surface area contributed by atoms with E-state index in [2.05, 4.69) is 0 Å². The van der Waals surface area contributed by atoms with Crippen LogP contribution in [0.3, 0.4) is 0 Å². The number of ether oxygens (including phenoxy) is 1. The molecular formula is C21H16O3. The van der Waals surface area contributed by atoms with Crippen LogP contribution in [-0.2, 0) is 0 Å². The average Bonchev–Trinajstić information content (AvgIpc) is 2.99. The molecule has 118 valence electrons. The molecule has 3 nitrogen and oxygen atoms in total. The second-order valence-corrected chi connectivity index (χ2v) is 5.72. The van der Waals surface area contributed by atoms with E-state index in [4.69, 9.17) is 9.15 Å². The molecule has 0 amide bonds. The Hall–Kier alpha value is -3.07. The van der Waals surface area contributed by atoms with Gasteiger partial charge in [0.05, 0.1) is 18.2 Å². The second-order valence-electron chi connectivity index (χ2n) is 5.72. The maximum Gasteiger partial charge on any atom is 0.164 e. The van der Waals surface area contributed by atoms with Crippen LogP contribution in [0.15, 0.2) is 65.1 Å². The zero-order valence-electron chi connectivity index (χ0n) is 13.5. The summed E-state index contributed by atoms with van der Waals surface area (Å²) in [6.45, 7) is 1.57. The Labute approximate surface area is 139 Å². The second kappa shape index (κ2) is 5.53. The van der Waals surface area contributed by atoms with Crippen LogP contribution >= 0.6 is 0 Å². The predicted molar refractivity (Wildman–Crippen MR) is 95.7 cm³/mol. The Morgan fingerprint density at radius 2 is 1.62 bits per heavy atom. The molecule has 0 fully saturated rings. The van der Waals surface area contributed by atoms with Gasteiger partial charge in [0, 0.05) is 5.39 Å². The van der Waals surface area contributed by atoms with E-state index < -0.39 is 0 Å². The summed E-state index contributed by atoms with van der Waals surface area (Å²) in [6.07, 6.45) is 0. The van der Waals surface area contributed by atoms with Crippen LogP contribution in [0.25, 0.3) is 33.1 Å². The minimum Gasteiger partial charge on any atom is -0.496 e. The molecule has 1 heterocycles. The molecule has 0 N–H and O–H groups in total. The highest BCUT2D eigenvalue weighted by Gasteiger charge is 2.23. The third-order valence-corrected chi connectivity index (χ3v) is 4.29. The van der Waals surface area contributed by atoms with Crippen LogP contribution in [0, 0.1) is 0 Å². The van der Waals surface area contributed by atoms with Crippen molar-refractivity contribution in [3.8, 4) is 17.1 Å². The van der Waals surface area contributed by atoms with Gasteiger partial charge < -0.3 is 9.15 Å². The smallest absolute Gasteiger partial charge is 0.164 e. The first-order chi connectivity index (χ1) is 11.7. The number of carbonyl (C=O) groups is 1. The fraction of sp³-hybridized carbons (Fsp3) is 0.0952. The summed E-state index contributed by atoms with van der Waals surface area (Å²) < 4.78 is 11.7. The molecule has 0 aliphatic heterocycles. The van der Waals surface area contributed by atoms with Gasteiger partial charge in [-0.05, 0) is 29.8 Å². The van der Waals surface area contributed by atoms with Gasteiger partial charge in [0.1, 0.15) is 11.3 Å². The van der Waals surface area contributed by atoms with Crippen molar-refractivity contribution in [1.82, 2.24) is 0 Å². The molecule has 24 heavy (non-hydrogen) atoms. The summed E-state index contributed by atoms with van der Waals surface area (Å²) >= 11 is 0. The number of para-hydroxylation sites is 1. The third kappa shape index (κ3) is 2.09. The van der Waals surface area contributed by atoms with E-state index in [0.29, 0.717) is 22.7 Å². The van der Waals surface area contributed by atoms with Crippen LogP contribution < -0.4 is 4.74 Å². The van der Waals surface area contributed by atoms with Gasteiger partial charge in [0.2, 0.25) is 0 Å². The number of fused-ring (bicyclic) bond motifs is 2. The molecule has 0 bridgehead atoms. The van der Waals surface area contributed by atoms with Crippen molar-refractivity contribution in [3.05, 3.63) is 66.2 Å². The summed E-state index contributed by atoms with van der Waals surface area (Å²) in [7, 11) is 1.63. The van der Waals surface area contributed by atoms with Crippen LogP contribution in [-0.4, -0.2) is 12.9 Å². The summed E-state index contributed by atoms with van der Waals surface area (Å²) in [5, 5.41) is 2.90. The normalized spacial score (nSPS) is 11.1. The van der Waals surface area contributed by atoms with E-state index in [1.54, 1.807) is 14.0 Å². The number of benzene rings is 3. The lowest BCUT2D eigenvalue weighted by Crippen LogP contribution is -1.96. The molecule has 0 saturated carbocycles. The van der Waals surface area contributed by atoms with Crippen LogP contribution in [0.2, 0.25) is 0 Å². The molecule has 4 aromatic rings. The number of furan rings is 1. The third-order valence-electron chi connectivity index (χ3n) is 4.29. The highest BCUT2D eigenvalue weighted by atomic mass is 16.5. The molecule has 4 rings (SSSR count). The average molecular weight is 316 g/mol. The van der Waals surface area contributed by atoms with Crippen LogP contribution in [0.5, 0.6) is 5.75 Å². The van der Waals surface area contributed by atoms with Gasteiger partial charge in [-0.1, -0.05) is 48.5 Å². The van der Waals surface area contributed by atoms with E-state index in [1.165, 1.54) is 0 Å². The van der Waals surface area contributed by atoms with Gasteiger partial charge in [-0.3, -0.25) is 4.79 Å². The van der Waals surface area contributed by atoms with Crippen molar-refractivity contribution in [2.45, 2.75) is 6.92 Å². The molecule has 0 saturated heterocycles. The SMILES string of the molecule is COc1ccc2ccccc2c1-c1oc2ccccc2c1C(C)=O. The monoisotopic (exact) mass is 316 g/mol. The Balaban J connectivity index is 2.17. The lowest BCUT2D eigenvalue weighted by Gasteiger charge is -2.11. The number of hydrogen-bond acceptors (Lipinski definition) is 3. The Bertz CT molecular complexity index is 1070. The zero-order chi connectivity index (χ0) is 16.7. The Morgan fingerprint density at radius 3 is 2.38 bits per heavy atom. The molecule has 1 aromatic heterocycles. The fourth-order valence-corrected chi connectivity index (χ4v) is 3.23. The zero-order valence-corrected chi connectivity index (χ0v) is 13.5. The molecule has 0 unspecified atom stereocenters. The van der Waals surface area contributed by atoms with Gasteiger partial charge >= 0.3 is 0 Å². The summed E-state index contributed by atoms with van der Waals surface area (Å²) in [5.74, 6) is 1.23. The van der Waals surface area contributed by atoms with Crippen molar-refractivity contribution in [2.24, 2.45) is 0 Å². The minimum absolute atomic E-state index is 0.0232. The highest BCUT2D eigenvalue weighted by molar-refractivity contribution is 6.14. The maximum atomic E-state index is 12.3. The van der Waals surface area contributed by atoms with Crippen molar-refractivity contribution < 1.29 is 13.9 Å². The van der Waals surface area contributed by atoms with Gasteiger partial charge in [-0.15, -0.1) is 0 Å². The standard InChI is InChI=1S/C21H16O3/c1-13(22)19-16-9-5-6-10-17(16)24-21(19)20-15-8-4-3-7-14(15)11-12-18(20)23-2/h3-12H,1-2H3. The van der Waals surface area contributed by atoms with E-state index in [0.717, 1.165) is 21.7 Å². The first-order valence-electron chi connectivity index (χ1n) is 7.79. The number of methoxy groups -OCH3 is 1. The largest absolute Gasteiger partial charge is 0.496 e. The first kappa shape index (κ1) is 14.5. The fourth-order valence-electron chi connectivity index (χ4n) is 3.23. The van der Waals surface area contributed by atoms with E-state index in [1.807, 2.05) is 60.7 Å². The van der Waals surface area contributed by atoms with Crippen molar-refractivity contribution in [1.29, 1.82) is 0 Å². The van der Waals surface area contributed by atoms with Gasteiger partial charge in [0.25, 0.3) is 0 Å². The number of Topliss-reactive ketones (excluding diaryl/α,β-unsaturated/α-hetero) is 1. The number of ketones is 1. The van der Waals surface area contributed by atoms with Gasteiger partial charge in [0.15, 0.2) is 11.5 Å². The maximum absolute atomic E-state index is 12.3. The Kier molecular flexibility index (Phi) is 3.35. The highest BCUT2D eigenvalue weighted by Crippen LogP contribution is 2.42. The number of rotatable bonds is 3.